The van der Waals surface area contributed by atoms with Crippen molar-refractivity contribution in [3.63, 3.8) is 0 Å². The Morgan fingerprint density at radius 1 is 0.714 bits per heavy atom. The predicted octanol–water partition coefficient (Wildman–Crippen LogP) is 6.31. The van der Waals surface area contributed by atoms with Crippen LogP contribution in [-0.4, -0.2) is 4.98 Å². The van der Waals surface area contributed by atoms with Crippen molar-refractivity contribution in [3.8, 4) is 11.3 Å². The van der Waals surface area contributed by atoms with Crippen LogP contribution in [0.15, 0.2) is 114 Å². The fourth-order valence-electron chi connectivity index (χ4n) is 2.70. The maximum Gasteiger partial charge on any atom is 0.369 e. The number of benzene rings is 3. The molecule has 28 heavy (non-hydrogen) atoms. The first kappa shape index (κ1) is 18.6. The van der Waals surface area contributed by atoms with E-state index >= 15 is 0 Å². The van der Waals surface area contributed by atoms with Gasteiger partial charge in [0.1, 0.15) is 5.03 Å². The van der Waals surface area contributed by atoms with Gasteiger partial charge in [-0.15, -0.1) is 0 Å². The van der Waals surface area contributed by atoms with Crippen LogP contribution in [0.2, 0.25) is 0 Å². The third-order valence-corrected chi connectivity index (χ3v) is 6.01. The number of hydrogen-bond acceptors (Lipinski definition) is 5. The van der Waals surface area contributed by atoms with Gasteiger partial charge < -0.3 is 4.42 Å². The van der Waals surface area contributed by atoms with Gasteiger partial charge in [0.2, 0.25) is 0 Å². The van der Waals surface area contributed by atoms with E-state index in [9.17, 15) is 4.79 Å². The molecule has 4 rings (SSSR count). The van der Waals surface area contributed by atoms with Gasteiger partial charge in [-0.25, -0.2) is 9.78 Å². The number of aryl methyl sites for hydroxylation is 1. The lowest BCUT2D eigenvalue weighted by atomic mass is 10.1. The van der Waals surface area contributed by atoms with E-state index in [1.165, 1.54) is 23.5 Å². The summed E-state index contributed by atoms with van der Waals surface area (Å²) < 4.78 is 5.79. The number of aromatic nitrogens is 1. The Balaban J connectivity index is 1.82. The lowest BCUT2D eigenvalue weighted by Crippen LogP contribution is -2.07. The van der Waals surface area contributed by atoms with Crippen LogP contribution in [0, 0.1) is 6.92 Å². The van der Waals surface area contributed by atoms with E-state index in [-0.39, 0.29) is 0 Å². The summed E-state index contributed by atoms with van der Waals surface area (Å²) in [5.74, 6) is 0.509. The van der Waals surface area contributed by atoms with Crippen molar-refractivity contribution >= 4 is 23.5 Å². The van der Waals surface area contributed by atoms with E-state index in [0.717, 1.165) is 20.9 Å². The van der Waals surface area contributed by atoms with Crippen molar-refractivity contribution in [1.82, 2.24) is 4.98 Å². The van der Waals surface area contributed by atoms with Gasteiger partial charge in [-0.2, -0.15) is 0 Å². The zero-order chi connectivity index (χ0) is 19.3. The molecule has 0 N–H and O–H groups in total. The monoisotopic (exact) mass is 403 g/mol. The predicted molar refractivity (Wildman–Crippen MR) is 114 cm³/mol. The molecule has 0 unspecified atom stereocenters. The molecule has 3 nitrogen and oxygen atoms in total. The van der Waals surface area contributed by atoms with Crippen LogP contribution in [0.25, 0.3) is 11.3 Å². The third-order valence-electron chi connectivity index (χ3n) is 4.07. The van der Waals surface area contributed by atoms with Crippen LogP contribution in [0.3, 0.4) is 0 Å². The van der Waals surface area contributed by atoms with E-state index in [2.05, 4.69) is 0 Å². The van der Waals surface area contributed by atoms with E-state index in [4.69, 9.17) is 9.40 Å². The highest BCUT2D eigenvalue weighted by Crippen LogP contribution is 2.37. The second kappa shape index (κ2) is 8.50. The molecule has 0 fully saturated rings. The molecule has 0 radical (unpaired) electrons. The Labute approximate surface area is 171 Å². The molecule has 138 valence electrons. The van der Waals surface area contributed by atoms with Crippen molar-refractivity contribution in [1.29, 1.82) is 0 Å². The molecule has 0 bridgehead atoms. The van der Waals surface area contributed by atoms with Gasteiger partial charge in [0.25, 0.3) is 0 Å². The highest BCUT2D eigenvalue weighted by atomic mass is 32.2. The zero-order valence-electron chi connectivity index (χ0n) is 15.2. The Kier molecular flexibility index (Phi) is 5.65. The molecule has 4 aromatic rings. The minimum atomic E-state index is -0.426. The van der Waals surface area contributed by atoms with E-state index in [0.29, 0.717) is 15.8 Å². The summed E-state index contributed by atoms with van der Waals surface area (Å²) in [6.45, 7) is 2.00. The molecule has 0 amide bonds. The normalized spacial score (nSPS) is 10.8. The molecule has 0 aliphatic rings. The SMILES string of the molecule is Cc1ccccc1-c1oc(=O)c(Sc2ccccc2)nc1Sc1ccccc1. The number of rotatable bonds is 5. The summed E-state index contributed by atoms with van der Waals surface area (Å²) in [7, 11) is 0. The van der Waals surface area contributed by atoms with E-state index in [1.54, 1.807) is 0 Å². The molecule has 0 saturated heterocycles. The molecular formula is C23H17NO2S2. The molecule has 5 heteroatoms. The number of nitrogens with zero attached hydrogens (tertiary/aromatic N) is 1. The molecule has 0 aliphatic heterocycles. The Hall–Kier alpha value is -2.76. The fraction of sp³-hybridized carbons (Fsp3) is 0.0435. The van der Waals surface area contributed by atoms with Crippen molar-refractivity contribution in [2.24, 2.45) is 0 Å². The van der Waals surface area contributed by atoms with Crippen molar-refractivity contribution < 1.29 is 4.42 Å². The summed E-state index contributed by atoms with van der Waals surface area (Å²) in [6, 6.07) is 27.5. The van der Waals surface area contributed by atoms with Gasteiger partial charge >= 0.3 is 5.63 Å². The highest BCUT2D eigenvalue weighted by molar-refractivity contribution is 8.00. The van der Waals surface area contributed by atoms with E-state index < -0.39 is 5.63 Å². The van der Waals surface area contributed by atoms with Gasteiger partial charge in [-0.1, -0.05) is 84.2 Å². The lowest BCUT2D eigenvalue weighted by molar-refractivity contribution is 0.478. The standard InChI is InChI=1S/C23H17NO2S2/c1-16-10-8-9-15-19(16)20-21(27-17-11-4-2-5-12-17)24-22(23(25)26-20)28-18-13-6-3-7-14-18/h2-15H,1H3. The van der Waals surface area contributed by atoms with Crippen LogP contribution >= 0.6 is 23.5 Å². The number of hydrogen-bond donors (Lipinski definition) is 0. The summed E-state index contributed by atoms with van der Waals surface area (Å²) >= 11 is 2.81. The van der Waals surface area contributed by atoms with Crippen molar-refractivity contribution in [2.45, 2.75) is 26.8 Å². The average molecular weight is 404 g/mol. The molecule has 3 aromatic carbocycles. The summed E-state index contributed by atoms with van der Waals surface area (Å²) in [6.07, 6.45) is 0. The smallest absolute Gasteiger partial charge is 0.369 e. The average Bonchev–Trinajstić information content (AvgIpc) is 2.72. The van der Waals surface area contributed by atoms with Gasteiger partial charge in [0.15, 0.2) is 10.8 Å². The van der Waals surface area contributed by atoms with Crippen LogP contribution in [0.5, 0.6) is 0 Å². The molecule has 0 aliphatic carbocycles. The highest BCUT2D eigenvalue weighted by Gasteiger charge is 2.18. The summed E-state index contributed by atoms with van der Waals surface area (Å²) in [5, 5.41) is 1.01. The molecule has 0 spiro atoms. The minimum Gasteiger partial charge on any atom is -0.418 e. The van der Waals surface area contributed by atoms with Gasteiger partial charge in [-0.05, 0) is 36.8 Å². The van der Waals surface area contributed by atoms with Crippen LogP contribution in [-0.2, 0) is 0 Å². The zero-order valence-corrected chi connectivity index (χ0v) is 16.8. The van der Waals surface area contributed by atoms with Gasteiger partial charge in [0.05, 0.1) is 0 Å². The Bertz CT molecular complexity index is 1140. The quantitative estimate of drug-likeness (QED) is 0.390. The summed E-state index contributed by atoms with van der Waals surface area (Å²) in [5.41, 5.74) is 1.48. The third kappa shape index (κ3) is 4.21. The maximum absolute atomic E-state index is 12.7. The van der Waals surface area contributed by atoms with Crippen molar-refractivity contribution in [2.75, 3.05) is 0 Å². The maximum atomic E-state index is 12.7. The van der Waals surface area contributed by atoms with E-state index in [1.807, 2.05) is 91.9 Å². The first-order valence-electron chi connectivity index (χ1n) is 8.77. The van der Waals surface area contributed by atoms with Crippen molar-refractivity contribution in [3.05, 3.63) is 101 Å². The summed E-state index contributed by atoms with van der Waals surface area (Å²) in [4.78, 5) is 19.4. The first-order chi connectivity index (χ1) is 13.7. The van der Waals surface area contributed by atoms with Gasteiger partial charge in [0, 0.05) is 15.4 Å². The minimum absolute atomic E-state index is 0.335. The molecule has 0 saturated carbocycles. The largest absolute Gasteiger partial charge is 0.418 e. The molecule has 1 aromatic heterocycles. The topological polar surface area (TPSA) is 43.1 Å². The van der Waals surface area contributed by atoms with Crippen LogP contribution in [0.1, 0.15) is 5.56 Å². The fourth-order valence-corrected chi connectivity index (χ4v) is 4.43. The van der Waals surface area contributed by atoms with Crippen LogP contribution < -0.4 is 5.63 Å². The van der Waals surface area contributed by atoms with Crippen LogP contribution in [0.4, 0.5) is 0 Å². The van der Waals surface area contributed by atoms with Gasteiger partial charge in [-0.3, -0.25) is 0 Å². The second-order valence-corrected chi connectivity index (χ2v) is 8.21. The second-order valence-electron chi connectivity index (χ2n) is 6.09. The first-order valence-corrected chi connectivity index (χ1v) is 10.4. The molecule has 0 atom stereocenters. The Morgan fingerprint density at radius 3 is 1.86 bits per heavy atom. The Morgan fingerprint density at radius 2 is 1.25 bits per heavy atom. The lowest BCUT2D eigenvalue weighted by Gasteiger charge is -2.11. The molecule has 1 heterocycles. The molecular weight excluding hydrogens is 386 g/mol.